The molecule has 0 saturated heterocycles. The van der Waals surface area contributed by atoms with Crippen LogP contribution in [-0.2, 0) is 11.3 Å². The summed E-state index contributed by atoms with van der Waals surface area (Å²) in [6.07, 6.45) is 6.78. The maximum atomic E-state index is 12.0. The molecule has 0 bridgehead atoms. The Morgan fingerprint density at radius 1 is 1.20 bits per heavy atom. The number of rotatable bonds is 5. The predicted octanol–water partition coefficient (Wildman–Crippen LogP) is 1.82. The molecule has 0 spiro atoms. The summed E-state index contributed by atoms with van der Waals surface area (Å²) < 4.78 is 5.41. The monoisotopic (exact) mass is 271 g/mol. The number of pyridine rings is 2. The normalized spacial score (nSPS) is 10.1. The first-order chi connectivity index (χ1) is 9.66. The number of amides is 1. The van der Waals surface area contributed by atoms with Gasteiger partial charge in [0.1, 0.15) is 5.75 Å². The van der Waals surface area contributed by atoms with Crippen LogP contribution in [0.25, 0.3) is 0 Å². The molecule has 2 aromatic rings. The Kier molecular flexibility index (Phi) is 4.65. The SMILES string of the molecule is Cc1ccncc1CN(C)C(=O)COc1ccncc1. The van der Waals surface area contributed by atoms with E-state index in [1.54, 1.807) is 48.9 Å². The highest BCUT2D eigenvalue weighted by atomic mass is 16.5. The van der Waals surface area contributed by atoms with E-state index < -0.39 is 0 Å². The van der Waals surface area contributed by atoms with Crippen molar-refractivity contribution in [3.8, 4) is 5.75 Å². The first-order valence-corrected chi connectivity index (χ1v) is 6.33. The van der Waals surface area contributed by atoms with Gasteiger partial charge in [0.2, 0.25) is 0 Å². The molecule has 0 radical (unpaired) electrons. The van der Waals surface area contributed by atoms with E-state index in [-0.39, 0.29) is 12.5 Å². The fraction of sp³-hybridized carbons (Fsp3) is 0.267. The molecule has 0 aliphatic heterocycles. The van der Waals surface area contributed by atoms with Crippen LogP contribution in [0.4, 0.5) is 0 Å². The Morgan fingerprint density at radius 2 is 1.90 bits per heavy atom. The molecule has 0 aliphatic rings. The fourth-order valence-electron chi connectivity index (χ4n) is 1.70. The lowest BCUT2D eigenvalue weighted by Crippen LogP contribution is -2.31. The minimum Gasteiger partial charge on any atom is -0.484 e. The molecular weight excluding hydrogens is 254 g/mol. The van der Waals surface area contributed by atoms with E-state index in [9.17, 15) is 4.79 Å². The Bertz CT molecular complexity index is 572. The molecule has 5 heteroatoms. The minimum absolute atomic E-state index is 0.0137. The van der Waals surface area contributed by atoms with Gasteiger partial charge in [-0.2, -0.15) is 0 Å². The van der Waals surface area contributed by atoms with E-state index in [0.717, 1.165) is 11.1 Å². The molecule has 104 valence electrons. The molecule has 2 heterocycles. The number of carbonyl (C=O) groups excluding carboxylic acids is 1. The van der Waals surface area contributed by atoms with Crippen molar-refractivity contribution >= 4 is 5.91 Å². The lowest BCUT2D eigenvalue weighted by Gasteiger charge is -2.18. The zero-order valence-corrected chi connectivity index (χ0v) is 11.6. The van der Waals surface area contributed by atoms with E-state index in [1.165, 1.54) is 0 Å². The van der Waals surface area contributed by atoms with Crippen molar-refractivity contribution < 1.29 is 9.53 Å². The highest BCUT2D eigenvalue weighted by Crippen LogP contribution is 2.09. The second-order valence-electron chi connectivity index (χ2n) is 4.52. The molecule has 2 rings (SSSR count). The average molecular weight is 271 g/mol. The van der Waals surface area contributed by atoms with E-state index in [2.05, 4.69) is 9.97 Å². The van der Waals surface area contributed by atoms with Crippen molar-refractivity contribution in [3.63, 3.8) is 0 Å². The lowest BCUT2D eigenvalue weighted by molar-refractivity contribution is -0.132. The first kappa shape index (κ1) is 14.0. The molecular formula is C15H17N3O2. The second-order valence-corrected chi connectivity index (χ2v) is 4.52. The van der Waals surface area contributed by atoms with Gasteiger partial charge in [0.15, 0.2) is 6.61 Å². The Balaban J connectivity index is 1.88. The summed E-state index contributed by atoms with van der Waals surface area (Å²) in [5.41, 5.74) is 2.15. The number of aromatic nitrogens is 2. The fourth-order valence-corrected chi connectivity index (χ4v) is 1.70. The largest absolute Gasteiger partial charge is 0.484 e. The Labute approximate surface area is 118 Å². The van der Waals surface area contributed by atoms with Crippen LogP contribution in [0.1, 0.15) is 11.1 Å². The average Bonchev–Trinajstić information content (AvgIpc) is 2.48. The van der Waals surface area contributed by atoms with Crippen LogP contribution in [0.15, 0.2) is 43.0 Å². The van der Waals surface area contributed by atoms with Crippen molar-refractivity contribution in [1.82, 2.24) is 14.9 Å². The molecule has 1 amide bonds. The van der Waals surface area contributed by atoms with Crippen molar-refractivity contribution in [2.24, 2.45) is 0 Å². The van der Waals surface area contributed by atoms with Gasteiger partial charge in [0.05, 0.1) is 0 Å². The summed E-state index contributed by atoms with van der Waals surface area (Å²) in [7, 11) is 1.75. The van der Waals surface area contributed by atoms with Gasteiger partial charge in [-0.3, -0.25) is 14.8 Å². The smallest absolute Gasteiger partial charge is 0.260 e. The zero-order valence-electron chi connectivity index (χ0n) is 11.6. The number of aryl methyl sites for hydroxylation is 1. The number of hydrogen-bond donors (Lipinski definition) is 0. The van der Waals surface area contributed by atoms with Gasteiger partial charge in [0.25, 0.3) is 5.91 Å². The third-order valence-electron chi connectivity index (χ3n) is 2.99. The van der Waals surface area contributed by atoms with E-state index in [4.69, 9.17) is 4.74 Å². The molecule has 0 N–H and O–H groups in total. The van der Waals surface area contributed by atoms with Crippen molar-refractivity contribution in [3.05, 3.63) is 54.1 Å². The number of nitrogens with zero attached hydrogens (tertiary/aromatic N) is 3. The zero-order chi connectivity index (χ0) is 14.4. The summed E-state index contributed by atoms with van der Waals surface area (Å²) in [5, 5.41) is 0. The Morgan fingerprint density at radius 3 is 2.60 bits per heavy atom. The van der Waals surface area contributed by atoms with Crippen LogP contribution in [0.5, 0.6) is 5.75 Å². The third-order valence-corrected chi connectivity index (χ3v) is 2.99. The molecule has 0 saturated carbocycles. The van der Waals surface area contributed by atoms with Crippen LogP contribution in [-0.4, -0.2) is 34.4 Å². The molecule has 20 heavy (non-hydrogen) atoms. The summed E-state index contributed by atoms with van der Waals surface area (Å²) in [6.45, 7) is 2.54. The second kappa shape index (κ2) is 6.65. The van der Waals surface area contributed by atoms with Crippen molar-refractivity contribution in [1.29, 1.82) is 0 Å². The molecule has 0 unspecified atom stereocenters. The van der Waals surface area contributed by atoms with Gasteiger partial charge in [-0.25, -0.2) is 0 Å². The van der Waals surface area contributed by atoms with Crippen molar-refractivity contribution in [2.75, 3.05) is 13.7 Å². The summed E-state index contributed by atoms with van der Waals surface area (Å²) >= 11 is 0. The van der Waals surface area contributed by atoms with E-state index in [0.29, 0.717) is 12.3 Å². The van der Waals surface area contributed by atoms with E-state index >= 15 is 0 Å². The van der Waals surface area contributed by atoms with Crippen molar-refractivity contribution in [2.45, 2.75) is 13.5 Å². The highest BCUT2D eigenvalue weighted by Gasteiger charge is 2.11. The number of carbonyl (C=O) groups is 1. The molecule has 0 atom stereocenters. The number of hydrogen-bond acceptors (Lipinski definition) is 4. The summed E-state index contributed by atoms with van der Waals surface area (Å²) in [6, 6.07) is 5.37. The molecule has 2 aromatic heterocycles. The minimum atomic E-state index is -0.0786. The number of ether oxygens (including phenoxy) is 1. The lowest BCUT2D eigenvalue weighted by atomic mass is 10.1. The highest BCUT2D eigenvalue weighted by molar-refractivity contribution is 5.77. The molecule has 5 nitrogen and oxygen atoms in total. The standard InChI is InChI=1S/C15H17N3O2/c1-12-3-6-17-9-13(12)10-18(2)15(19)11-20-14-4-7-16-8-5-14/h3-9H,10-11H2,1-2H3. The molecule has 0 aromatic carbocycles. The molecule has 0 aliphatic carbocycles. The predicted molar refractivity (Wildman–Crippen MR) is 75.2 cm³/mol. The number of likely N-dealkylation sites (N-methyl/N-ethyl adjacent to an activating group) is 1. The van der Waals surface area contributed by atoms with Crippen LogP contribution in [0.3, 0.4) is 0 Å². The third kappa shape index (κ3) is 3.78. The van der Waals surface area contributed by atoms with E-state index in [1.807, 2.05) is 13.0 Å². The maximum absolute atomic E-state index is 12.0. The van der Waals surface area contributed by atoms with Crippen LogP contribution >= 0.6 is 0 Å². The van der Waals surface area contributed by atoms with Gasteiger partial charge in [-0.1, -0.05) is 0 Å². The van der Waals surface area contributed by atoms with Gasteiger partial charge in [-0.05, 0) is 36.2 Å². The van der Waals surface area contributed by atoms with Gasteiger partial charge < -0.3 is 9.64 Å². The quantitative estimate of drug-likeness (QED) is 0.832. The molecule has 0 fully saturated rings. The van der Waals surface area contributed by atoms with Gasteiger partial charge >= 0.3 is 0 Å². The van der Waals surface area contributed by atoms with Gasteiger partial charge in [0, 0.05) is 38.4 Å². The summed E-state index contributed by atoms with van der Waals surface area (Å²) in [5.74, 6) is 0.560. The Hall–Kier alpha value is -2.43. The van der Waals surface area contributed by atoms with Crippen LogP contribution in [0.2, 0.25) is 0 Å². The van der Waals surface area contributed by atoms with Crippen LogP contribution in [0, 0.1) is 6.92 Å². The first-order valence-electron chi connectivity index (χ1n) is 6.33. The van der Waals surface area contributed by atoms with Gasteiger partial charge in [-0.15, -0.1) is 0 Å². The van der Waals surface area contributed by atoms with Crippen LogP contribution < -0.4 is 4.74 Å². The topological polar surface area (TPSA) is 55.3 Å². The maximum Gasteiger partial charge on any atom is 0.260 e. The summed E-state index contributed by atoms with van der Waals surface area (Å²) in [4.78, 5) is 21.6.